The minimum absolute atomic E-state index is 0.138. The number of amides is 1. The Hall–Kier alpha value is -1.93. The summed E-state index contributed by atoms with van der Waals surface area (Å²) >= 11 is 6.00. The second kappa shape index (κ2) is 8.83. The fourth-order valence-electron chi connectivity index (χ4n) is 3.27. The minimum atomic E-state index is -3.52. The Balaban J connectivity index is 1.58. The van der Waals surface area contributed by atoms with E-state index in [0.29, 0.717) is 41.8 Å². The molecule has 0 aliphatic carbocycles. The van der Waals surface area contributed by atoms with Gasteiger partial charge in [0.05, 0.1) is 11.4 Å². The summed E-state index contributed by atoms with van der Waals surface area (Å²) in [5, 5.41) is 3.45. The first-order valence-corrected chi connectivity index (χ1v) is 11.3. The summed E-state index contributed by atoms with van der Waals surface area (Å²) in [4.78, 5) is 14.7. The largest absolute Gasteiger partial charge is 0.325 e. The van der Waals surface area contributed by atoms with E-state index < -0.39 is 10.0 Å². The van der Waals surface area contributed by atoms with Crippen LogP contribution in [0.25, 0.3) is 0 Å². The number of nitrogens with zero attached hydrogens (tertiary/aromatic N) is 2. The van der Waals surface area contributed by atoms with Crippen LogP contribution in [0.15, 0.2) is 41.3 Å². The van der Waals surface area contributed by atoms with Crippen molar-refractivity contribution in [1.82, 2.24) is 9.21 Å². The molecule has 1 amide bonds. The summed E-state index contributed by atoms with van der Waals surface area (Å²) in [6.45, 7) is 7.72. The molecule has 29 heavy (non-hydrogen) atoms. The van der Waals surface area contributed by atoms with Gasteiger partial charge in [0.15, 0.2) is 0 Å². The molecule has 1 N–H and O–H groups in total. The Morgan fingerprint density at radius 2 is 1.62 bits per heavy atom. The summed E-state index contributed by atoms with van der Waals surface area (Å²) in [5.41, 5.74) is 3.65. The van der Waals surface area contributed by atoms with E-state index in [0.717, 1.165) is 16.7 Å². The molecule has 2 aromatic rings. The molecule has 0 aromatic heterocycles. The molecular formula is C21H26ClN3O3S. The lowest BCUT2D eigenvalue weighted by Gasteiger charge is -2.33. The number of piperazine rings is 1. The first-order valence-electron chi connectivity index (χ1n) is 9.52. The third-order valence-electron chi connectivity index (χ3n) is 5.29. The highest BCUT2D eigenvalue weighted by atomic mass is 35.5. The Kier molecular flexibility index (Phi) is 6.63. The van der Waals surface area contributed by atoms with Crippen LogP contribution in [0.4, 0.5) is 5.69 Å². The highest BCUT2D eigenvalue weighted by Crippen LogP contribution is 2.22. The molecular weight excluding hydrogens is 410 g/mol. The quantitative estimate of drug-likeness (QED) is 0.782. The van der Waals surface area contributed by atoms with E-state index in [2.05, 4.69) is 5.32 Å². The molecule has 0 bridgehead atoms. The number of rotatable bonds is 5. The molecule has 0 spiro atoms. The molecule has 0 atom stereocenters. The van der Waals surface area contributed by atoms with Crippen molar-refractivity contribution >= 4 is 33.2 Å². The maximum atomic E-state index is 12.9. The predicted molar refractivity (Wildman–Crippen MR) is 116 cm³/mol. The number of hydrogen-bond donors (Lipinski definition) is 1. The van der Waals surface area contributed by atoms with Crippen LogP contribution >= 0.6 is 11.6 Å². The van der Waals surface area contributed by atoms with Crippen LogP contribution in [0.5, 0.6) is 0 Å². The first-order chi connectivity index (χ1) is 13.7. The van der Waals surface area contributed by atoms with Gasteiger partial charge in [0.25, 0.3) is 0 Å². The number of hydrogen-bond acceptors (Lipinski definition) is 4. The number of benzene rings is 2. The Labute approximate surface area is 177 Å². The molecule has 8 heteroatoms. The number of sulfonamides is 1. The van der Waals surface area contributed by atoms with Crippen molar-refractivity contribution in [2.75, 3.05) is 38.0 Å². The Morgan fingerprint density at radius 1 is 0.966 bits per heavy atom. The lowest BCUT2D eigenvalue weighted by Crippen LogP contribution is -2.50. The van der Waals surface area contributed by atoms with Crippen LogP contribution in [0.2, 0.25) is 5.02 Å². The van der Waals surface area contributed by atoms with E-state index in [-0.39, 0.29) is 12.5 Å². The fraction of sp³-hybridized carbons (Fsp3) is 0.381. The maximum Gasteiger partial charge on any atom is 0.243 e. The van der Waals surface area contributed by atoms with Gasteiger partial charge in [-0.05, 0) is 61.7 Å². The topological polar surface area (TPSA) is 69.7 Å². The van der Waals surface area contributed by atoms with Gasteiger partial charge in [-0.25, -0.2) is 8.42 Å². The molecule has 0 radical (unpaired) electrons. The summed E-state index contributed by atoms with van der Waals surface area (Å²) in [5.74, 6) is -0.138. The predicted octanol–water partition coefficient (Wildman–Crippen LogP) is 3.21. The molecule has 1 fully saturated rings. The lowest BCUT2D eigenvalue weighted by molar-refractivity contribution is -0.117. The smallest absolute Gasteiger partial charge is 0.243 e. The van der Waals surface area contributed by atoms with E-state index in [4.69, 9.17) is 11.6 Å². The molecule has 1 heterocycles. The summed E-state index contributed by atoms with van der Waals surface area (Å²) in [6.07, 6.45) is 0. The monoisotopic (exact) mass is 435 g/mol. The van der Waals surface area contributed by atoms with Crippen molar-refractivity contribution in [2.24, 2.45) is 0 Å². The van der Waals surface area contributed by atoms with E-state index in [1.54, 1.807) is 24.3 Å². The average Bonchev–Trinajstić information content (AvgIpc) is 2.67. The molecule has 2 aromatic carbocycles. The molecule has 3 rings (SSSR count). The molecule has 0 unspecified atom stereocenters. The zero-order valence-corrected chi connectivity index (χ0v) is 18.5. The fourth-order valence-corrected chi connectivity index (χ4v) is 4.95. The number of carbonyl (C=O) groups excluding carboxylic acids is 1. The SMILES string of the molecule is Cc1ccc(S(=O)(=O)N2CCN(CC(=O)Nc3cc(Cl)ccc3C)CC2)cc1C. The van der Waals surface area contributed by atoms with Crippen LogP contribution in [0, 0.1) is 20.8 Å². The second-order valence-corrected chi connectivity index (χ2v) is 9.81. The van der Waals surface area contributed by atoms with Gasteiger partial charge in [-0.2, -0.15) is 4.31 Å². The van der Waals surface area contributed by atoms with Gasteiger partial charge in [0.1, 0.15) is 0 Å². The van der Waals surface area contributed by atoms with Gasteiger partial charge in [0.2, 0.25) is 15.9 Å². The van der Waals surface area contributed by atoms with Crippen molar-refractivity contribution in [2.45, 2.75) is 25.7 Å². The average molecular weight is 436 g/mol. The third kappa shape index (κ3) is 5.17. The second-order valence-electron chi connectivity index (χ2n) is 7.43. The zero-order valence-electron chi connectivity index (χ0n) is 16.9. The van der Waals surface area contributed by atoms with Crippen molar-refractivity contribution in [3.8, 4) is 0 Å². The van der Waals surface area contributed by atoms with Gasteiger partial charge in [-0.3, -0.25) is 9.69 Å². The standard InChI is InChI=1S/C21H26ClN3O3S/c1-15-5-7-19(12-17(15)3)29(27,28)25-10-8-24(9-11-25)14-21(26)23-20-13-18(22)6-4-16(20)2/h4-7,12-13H,8-11,14H2,1-3H3,(H,23,26). The molecule has 1 aliphatic rings. The van der Waals surface area contributed by atoms with Gasteiger partial charge < -0.3 is 5.32 Å². The van der Waals surface area contributed by atoms with Gasteiger partial charge in [-0.15, -0.1) is 0 Å². The number of aryl methyl sites for hydroxylation is 3. The Bertz CT molecular complexity index is 1020. The van der Waals surface area contributed by atoms with Crippen molar-refractivity contribution < 1.29 is 13.2 Å². The van der Waals surface area contributed by atoms with Crippen LogP contribution in [-0.2, 0) is 14.8 Å². The number of nitrogens with one attached hydrogen (secondary N) is 1. The number of carbonyl (C=O) groups is 1. The van der Waals surface area contributed by atoms with E-state index >= 15 is 0 Å². The molecule has 1 aliphatic heterocycles. The highest BCUT2D eigenvalue weighted by molar-refractivity contribution is 7.89. The molecule has 0 saturated carbocycles. The van der Waals surface area contributed by atoms with Gasteiger partial charge in [-0.1, -0.05) is 23.7 Å². The number of halogens is 1. The van der Waals surface area contributed by atoms with Crippen LogP contribution in [0.3, 0.4) is 0 Å². The van der Waals surface area contributed by atoms with E-state index in [1.165, 1.54) is 4.31 Å². The summed E-state index contributed by atoms with van der Waals surface area (Å²) < 4.78 is 27.3. The summed E-state index contributed by atoms with van der Waals surface area (Å²) in [6, 6.07) is 10.6. The first kappa shape index (κ1) is 21.8. The molecule has 1 saturated heterocycles. The number of anilines is 1. The van der Waals surface area contributed by atoms with Gasteiger partial charge in [0, 0.05) is 36.9 Å². The minimum Gasteiger partial charge on any atom is -0.325 e. The van der Waals surface area contributed by atoms with Gasteiger partial charge >= 0.3 is 0 Å². The third-order valence-corrected chi connectivity index (χ3v) is 7.42. The Morgan fingerprint density at radius 3 is 2.28 bits per heavy atom. The van der Waals surface area contributed by atoms with E-state index in [9.17, 15) is 13.2 Å². The van der Waals surface area contributed by atoms with Crippen molar-refractivity contribution in [1.29, 1.82) is 0 Å². The van der Waals surface area contributed by atoms with Crippen molar-refractivity contribution in [3.05, 3.63) is 58.1 Å². The van der Waals surface area contributed by atoms with E-state index in [1.807, 2.05) is 37.8 Å². The molecule has 156 valence electrons. The van der Waals surface area contributed by atoms with Crippen LogP contribution in [-0.4, -0.2) is 56.3 Å². The normalized spacial score (nSPS) is 16.0. The maximum absolute atomic E-state index is 12.9. The van der Waals surface area contributed by atoms with Crippen LogP contribution < -0.4 is 5.32 Å². The lowest BCUT2D eigenvalue weighted by atomic mass is 10.1. The molecule has 6 nitrogen and oxygen atoms in total. The highest BCUT2D eigenvalue weighted by Gasteiger charge is 2.29. The van der Waals surface area contributed by atoms with Crippen molar-refractivity contribution in [3.63, 3.8) is 0 Å². The zero-order chi connectivity index (χ0) is 21.2. The summed E-state index contributed by atoms with van der Waals surface area (Å²) in [7, 11) is -3.52. The van der Waals surface area contributed by atoms with Crippen LogP contribution in [0.1, 0.15) is 16.7 Å².